The summed E-state index contributed by atoms with van der Waals surface area (Å²) < 4.78 is 1.69. The summed E-state index contributed by atoms with van der Waals surface area (Å²) in [6, 6.07) is 16.3. The minimum Gasteiger partial charge on any atom is -0.364 e. The second kappa shape index (κ2) is 7.94. The molecule has 0 unspecified atom stereocenters. The highest BCUT2D eigenvalue weighted by Crippen LogP contribution is 2.38. The molecule has 0 spiro atoms. The van der Waals surface area contributed by atoms with E-state index in [0.717, 1.165) is 34.5 Å². The molecule has 2 aromatic heterocycles. The van der Waals surface area contributed by atoms with Gasteiger partial charge in [-0.05, 0) is 54.8 Å². The molecular formula is C24H18ClN5O2. The van der Waals surface area contributed by atoms with Gasteiger partial charge < -0.3 is 11.1 Å². The van der Waals surface area contributed by atoms with Crippen molar-refractivity contribution < 1.29 is 9.59 Å². The summed E-state index contributed by atoms with van der Waals surface area (Å²) in [6.45, 7) is 0. The minimum atomic E-state index is -0.574. The van der Waals surface area contributed by atoms with Crippen LogP contribution in [0, 0.1) is 0 Å². The quantitative estimate of drug-likeness (QED) is 0.496. The SMILES string of the molecule is NC(=O)c1nn(-c2cccnc2)c2c1CCc1ccc(NC(=O)c3ccccc3Cl)cc1-2. The van der Waals surface area contributed by atoms with Gasteiger partial charge in [-0.25, -0.2) is 4.68 Å². The molecule has 8 heteroatoms. The summed E-state index contributed by atoms with van der Waals surface area (Å²) in [7, 11) is 0. The zero-order valence-corrected chi connectivity index (χ0v) is 17.6. The van der Waals surface area contributed by atoms with Gasteiger partial charge in [-0.1, -0.05) is 29.8 Å². The molecular weight excluding hydrogens is 426 g/mol. The summed E-state index contributed by atoms with van der Waals surface area (Å²) in [4.78, 5) is 29.0. The van der Waals surface area contributed by atoms with E-state index in [-0.39, 0.29) is 11.6 Å². The highest BCUT2D eigenvalue weighted by atomic mass is 35.5. The highest BCUT2D eigenvalue weighted by Gasteiger charge is 2.28. The van der Waals surface area contributed by atoms with Gasteiger partial charge in [0.05, 0.1) is 28.2 Å². The van der Waals surface area contributed by atoms with E-state index < -0.39 is 5.91 Å². The lowest BCUT2D eigenvalue weighted by atomic mass is 9.88. The molecule has 0 aliphatic heterocycles. The number of carbonyl (C=O) groups excluding carboxylic acids is 2. The first kappa shape index (κ1) is 20.0. The summed E-state index contributed by atoms with van der Waals surface area (Å²) in [5.74, 6) is -0.874. The van der Waals surface area contributed by atoms with Crippen LogP contribution >= 0.6 is 11.6 Å². The average molecular weight is 444 g/mol. The van der Waals surface area contributed by atoms with Gasteiger partial charge in [-0.3, -0.25) is 14.6 Å². The van der Waals surface area contributed by atoms with Gasteiger partial charge in [0, 0.05) is 23.0 Å². The number of carbonyl (C=O) groups is 2. The standard InChI is InChI=1S/C24H18ClN5O2/c25-20-6-2-1-5-17(20)24(32)28-15-9-7-14-8-10-18-21(23(26)31)29-30(22(18)19(14)12-15)16-4-3-11-27-13-16/h1-7,9,11-13H,8,10H2,(H2,26,31)(H,28,32). The lowest BCUT2D eigenvalue weighted by Crippen LogP contribution is -2.15. The molecule has 2 aromatic carbocycles. The molecule has 2 heterocycles. The van der Waals surface area contributed by atoms with E-state index in [1.54, 1.807) is 47.4 Å². The number of fused-ring (bicyclic) bond motifs is 3. The molecule has 0 saturated heterocycles. The van der Waals surface area contributed by atoms with E-state index in [1.165, 1.54) is 0 Å². The maximum atomic E-state index is 12.7. The van der Waals surface area contributed by atoms with Crippen LogP contribution in [-0.4, -0.2) is 26.6 Å². The monoisotopic (exact) mass is 443 g/mol. The first-order valence-corrected chi connectivity index (χ1v) is 10.4. The number of hydrogen-bond acceptors (Lipinski definition) is 4. The number of rotatable bonds is 4. The van der Waals surface area contributed by atoms with Crippen LogP contribution in [0.2, 0.25) is 5.02 Å². The lowest BCUT2D eigenvalue weighted by molar-refractivity contribution is 0.0992. The van der Waals surface area contributed by atoms with Crippen LogP contribution in [0.25, 0.3) is 16.9 Å². The van der Waals surface area contributed by atoms with Crippen LogP contribution in [0.4, 0.5) is 5.69 Å². The fraction of sp³-hybridized carbons (Fsp3) is 0.0833. The number of nitrogens with two attached hydrogens (primary N) is 1. The van der Waals surface area contributed by atoms with E-state index in [4.69, 9.17) is 17.3 Å². The van der Waals surface area contributed by atoms with E-state index >= 15 is 0 Å². The Morgan fingerprint density at radius 2 is 1.91 bits per heavy atom. The number of hydrogen-bond donors (Lipinski definition) is 2. The second-order valence-corrected chi connectivity index (χ2v) is 7.88. The Bertz CT molecular complexity index is 1360. The number of aromatic nitrogens is 3. The Balaban J connectivity index is 1.61. The fourth-order valence-electron chi connectivity index (χ4n) is 4.02. The molecule has 1 aliphatic carbocycles. The minimum absolute atomic E-state index is 0.250. The molecule has 0 radical (unpaired) electrons. The summed E-state index contributed by atoms with van der Waals surface area (Å²) >= 11 is 6.17. The highest BCUT2D eigenvalue weighted by molar-refractivity contribution is 6.34. The van der Waals surface area contributed by atoms with Crippen molar-refractivity contribution in [2.45, 2.75) is 12.8 Å². The Labute approximate surface area is 188 Å². The normalized spacial score (nSPS) is 12.0. The molecule has 3 N–H and O–H groups in total. The van der Waals surface area contributed by atoms with Crippen LogP contribution in [-0.2, 0) is 12.8 Å². The lowest BCUT2D eigenvalue weighted by Gasteiger charge is -2.20. The number of nitrogens with zero attached hydrogens (tertiary/aromatic N) is 3. The third kappa shape index (κ3) is 3.42. The predicted molar refractivity (Wildman–Crippen MR) is 122 cm³/mol. The fourth-order valence-corrected chi connectivity index (χ4v) is 4.25. The number of nitrogens with one attached hydrogen (secondary N) is 1. The first-order valence-electron chi connectivity index (χ1n) is 10.0. The van der Waals surface area contributed by atoms with E-state index in [0.29, 0.717) is 22.7 Å². The van der Waals surface area contributed by atoms with Crippen molar-refractivity contribution in [2.24, 2.45) is 5.73 Å². The molecule has 158 valence electrons. The zero-order valence-electron chi connectivity index (χ0n) is 16.9. The molecule has 4 aromatic rings. The molecule has 0 bridgehead atoms. The molecule has 1 aliphatic rings. The van der Waals surface area contributed by atoms with Crippen molar-refractivity contribution in [3.05, 3.63) is 94.4 Å². The summed E-state index contributed by atoms with van der Waals surface area (Å²) in [6.07, 6.45) is 4.73. The van der Waals surface area contributed by atoms with Crippen molar-refractivity contribution >= 4 is 29.1 Å². The molecule has 2 amide bonds. The smallest absolute Gasteiger partial charge is 0.269 e. The van der Waals surface area contributed by atoms with Gasteiger partial charge in [0.2, 0.25) is 0 Å². The van der Waals surface area contributed by atoms with Gasteiger partial charge in [0.15, 0.2) is 5.69 Å². The van der Waals surface area contributed by atoms with Crippen molar-refractivity contribution in [1.82, 2.24) is 14.8 Å². The van der Waals surface area contributed by atoms with Crippen molar-refractivity contribution in [2.75, 3.05) is 5.32 Å². The van der Waals surface area contributed by atoms with Crippen molar-refractivity contribution in [1.29, 1.82) is 0 Å². The number of pyridine rings is 1. The van der Waals surface area contributed by atoms with Crippen LogP contribution in [0.15, 0.2) is 67.0 Å². The first-order chi connectivity index (χ1) is 15.5. The number of primary amides is 1. The van der Waals surface area contributed by atoms with Gasteiger partial charge >= 0.3 is 0 Å². The van der Waals surface area contributed by atoms with Gasteiger partial charge in [-0.2, -0.15) is 5.10 Å². The van der Waals surface area contributed by atoms with Gasteiger partial charge in [0.25, 0.3) is 11.8 Å². The second-order valence-electron chi connectivity index (χ2n) is 7.47. The van der Waals surface area contributed by atoms with E-state index in [9.17, 15) is 9.59 Å². The largest absolute Gasteiger partial charge is 0.364 e. The number of halogens is 1. The molecule has 7 nitrogen and oxygen atoms in total. The maximum absolute atomic E-state index is 12.7. The number of aryl methyl sites for hydroxylation is 1. The topological polar surface area (TPSA) is 103 Å². The summed E-state index contributed by atoms with van der Waals surface area (Å²) in [5.41, 5.74) is 11.1. The van der Waals surface area contributed by atoms with Gasteiger partial charge in [-0.15, -0.1) is 0 Å². The molecule has 32 heavy (non-hydrogen) atoms. The maximum Gasteiger partial charge on any atom is 0.269 e. The number of anilines is 1. The molecule has 5 rings (SSSR count). The third-order valence-corrected chi connectivity index (χ3v) is 5.82. The Morgan fingerprint density at radius 3 is 2.66 bits per heavy atom. The van der Waals surface area contributed by atoms with E-state index in [1.807, 2.05) is 24.3 Å². The van der Waals surface area contributed by atoms with Crippen LogP contribution in [0.3, 0.4) is 0 Å². The Hall–Kier alpha value is -3.97. The van der Waals surface area contributed by atoms with Gasteiger partial charge in [0.1, 0.15) is 0 Å². The van der Waals surface area contributed by atoms with Crippen LogP contribution in [0.5, 0.6) is 0 Å². The Morgan fingerprint density at radius 1 is 1.06 bits per heavy atom. The van der Waals surface area contributed by atoms with Crippen LogP contribution in [0.1, 0.15) is 32.0 Å². The summed E-state index contributed by atoms with van der Waals surface area (Å²) in [5, 5.41) is 7.80. The molecule has 0 fully saturated rings. The Kier molecular flexibility index (Phi) is 4.95. The third-order valence-electron chi connectivity index (χ3n) is 5.49. The zero-order chi connectivity index (χ0) is 22.2. The van der Waals surface area contributed by atoms with Crippen LogP contribution < -0.4 is 11.1 Å². The van der Waals surface area contributed by atoms with Crippen molar-refractivity contribution in [3.63, 3.8) is 0 Å². The average Bonchev–Trinajstić information content (AvgIpc) is 3.20. The number of amides is 2. The molecule has 0 saturated carbocycles. The predicted octanol–water partition coefficient (Wildman–Crippen LogP) is 4.04. The molecule has 0 atom stereocenters. The van der Waals surface area contributed by atoms with Crippen molar-refractivity contribution in [3.8, 4) is 16.9 Å². The number of benzene rings is 2. The van der Waals surface area contributed by atoms with E-state index in [2.05, 4.69) is 15.4 Å².